The average Bonchev–Trinajstić information content (AvgIpc) is 2.59. The van der Waals surface area contributed by atoms with Crippen molar-refractivity contribution in [2.75, 3.05) is 0 Å². The van der Waals surface area contributed by atoms with E-state index < -0.39 is 5.60 Å². The van der Waals surface area contributed by atoms with E-state index in [-0.39, 0.29) is 0 Å². The highest BCUT2D eigenvalue weighted by Crippen LogP contribution is 2.36. The van der Waals surface area contributed by atoms with E-state index in [1.165, 1.54) is 0 Å². The Hall–Kier alpha value is -1.80. The lowest BCUT2D eigenvalue weighted by Gasteiger charge is -2.30. The maximum Gasteiger partial charge on any atom is 0.119 e. The highest BCUT2D eigenvalue weighted by molar-refractivity contribution is 6.42. The second-order valence-electron chi connectivity index (χ2n) is 5.52. The number of benzene rings is 3. The average molecular weight is 343 g/mol. The van der Waals surface area contributed by atoms with Crippen LogP contribution >= 0.6 is 23.2 Å². The molecule has 3 aromatic rings. The number of rotatable bonds is 4. The molecule has 3 heteroatoms. The van der Waals surface area contributed by atoms with Gasteiger partial charge in [-0.3, -0.25) is 0 Å². The fourth-order valence-electron chi connectivity index (χ4n) is 2.73. The topological polar surface area (TPSA) is 20.2 Å². The first-order valence-electron chi connectivity index (χ1n) is 7.37. The minimum absolute atomic E-state index is 0.437. The second kappa shape index (κ2) is 6.76. The summed E-state index contributed by atoms with van der Waals surface area (Å²) in [6.45, 7) is 0. The van der Waals surface area contributed by atoms with Crippen LogP contribution in [0, 0.1) is 0 Å². The van der Waals surface area contributed by atoms with Gasteiger partial charge in [-0.05, 0) is 28.8 Å². The Bertz CT molecular complexity index is 787. The molecular weight excluding hydrogens is 327 g/mol. The van der Waals surface area contributed by atoms with Crippen LogP contribution in [0.25, 0.3) is 0 Å². The highest BCUT2D eigenvalue weighted by atomic mass is 35.5. The van der Waals surface area contributed by atoms with Crippen LogP contribution in [0.15, 0.2) is 78.9 Å². The van der Waals surface area contributed by atoms with E-state index in [1.54, 1.807) is 12.1 Å². The summed E-state index contributed by atoms with van der Waals surface area (Å²) in [5.41, 5.74) is 1.42. The van der Waals surface area contributed by atoms with Crippen molar-refractivity contribution in [1.82, 2.24) is 0 Å². The van der Waals surface area contributed by atoms with Gasteiger partial charge in [-0.2, -0.15) is 0 Å². The molecule has 0 saturated heterocycles. The van der Waals surface area contributed by atoms with Gasteiger partial charge in [-0.1, -0.05) is 89.9 Å². The monoisotopic (exact) mass is 342 g/mol. The van der Waals surface area contributed by atoms with Crippen LogP contribution in [0.5, 0.6) is 0 Å². The van der Waals surface area contributed by atoms with E-state index in [0.29, 0.717) is 16.5 Å². The van der Waals surface area contributed by atoms with Gasteiger partial charge < -0.3 is 5.11 Å². The van der Waals surface area contributed by atoms with E-state index in [4.69, 9.17) is 23.2 Å². The van der Waals surface area contributed by atoms with Crippen LogP contribution in [0.1, 0.15) is 16.7 Å². The predicted molar refractivity (Wildman–Crippen MR) is 96.0 cm³/mol. The minimum atomic E-state index is -1.17. The smallest absolute Gasteiger partial charge is 0.119 e. The summed E-state index contributed by atoms with van der Waals surface area (Å²) in [4.78, 5) is 0. The van der Waals surface area contributed by atoms with Crippen LogP contribution in [-0.4, -0.2) is 5.11 Å². The summed E-state index contributed by atoms with van der Waals surface area (Å²) in [6.07, 6.45) is 0.454. The molecule has 0 bridgehead atoms. The third kappa shape index (κ3) is 3.42. The van der Waals surface area contributed by atoms with Crippen LogP contribution in [-0.2, 0) is 12.0 Å². The molecule has 1 N–H and O–H groups in total. The van der Waals surface area contributed by atoms with Gasteiger partial charge in [0.25, 0.3) is 0 Å². The predicted octanol–water partition coefficient (Wildman–Crippen LogP) is 5.47. The molecule has 0 fully saturated rings. The van der Waals surface area contributed by atoms with Crippen molar-refractivity contribution in [2.45, 2.75) is 12.0 Å². The fourth-order valence-corrected chi connectivity index (χ4v) is 3.03. The molecule has 0 spiro atoms. The number of hydrogen-bond acceptors (Lipinski definition) is 1. The summed E-state index contributed by atoms with van der Waals surface area (Å²) in [6, 6.07) is 24.8. The maximum absolute atomic E-state index is 11.5. The zero-order valence-corrected chi connectivity index (χ0v) is 13.9. The molecule has 0 aliphatic rings. The Morgan fingerprint density at radius 2 is 1.30 bits per heavy atom. The summed E-state index contributed by atoms with van der Waals surface area (Å²) < 4.78 is 0. The molecule has 23 heavy (non-hydrogen) atoms. The van der Waals surface area contributed by atoms with Gasteiger partial charge in [0, 0.05) is 6.42 Å². The lowest BCUT2D eigenvalue weighted by molar-refractivity contribution is 0.0811. The molecule has 0 aliphatic heterocycles. The first-order valence-corrected chi connectivity index (χ1v) is 8.12. The Kier molecular flexibility index (Phi) is 4.72. The quantitative estimate of drug-likeness (QED) is 0.666. The standard InChI is InChI=1S/C20H16Cl2O/c21-18-12-11-17(13-19(18)22)20(23,16-9-5-2-6-10-16)14-15-7-3-1-4-8-15/h1-13,23H,14H2. The summed E-state index contributed by atoms with van der Waals surface area (Å²) >= 11 is 12.2. The zero-order chi connectivity index (χ0) is 16.3. The zero-order valence-electron chi connectivity index (χ0n) is 12.4. The van der Waals surface area contributed by atoms with Crippen molar-refractivity contribution >= 4 is 23.2 Å². The molecule has 0 amide bonds. The molecule has 0 aromatic heterocycles. The van der Waals surface area contributed by atoms with Crippen LogP contribution in [0.2, 0.25) is 10.0 Å². The van der Waals surface area contributed by atoms with Crippen LogP contribution in [0.4, 0.5) is 0 Å². The second-order valence-corrected chi connectivity index (χ2v) is 6.33. The van der Waals surface area contributed by atoms with Gasteiger partial charge >= 0.3 is 0 Å². The maximum atomic E-state index is 11.5. The largest absolute Gasteiger partial charge is 0.380 e. The van der Waals surface area contributed by atoms with Crippen LogP contribution in [0.3, 0.4) is 0 Å². The molecule has 1 nitrogen and oxygen atoms in total. The molecule has 0 saturated carbocycles. The van der Waals surface area contributed by atoms with Gasteiger partial charge in [-0.15, -0.1) is 0 Å². The van der Waals surface area contributed by atoms with Crippen molar-refractivity contribution in [3.05, 3.63) is 106 Å². The third-order valence-corrected chi connectivity index (χ3v) is 4.69. The minimum Gasteiger partial charge on any atom is -0.380 e. The van der Waals surface area contributed by atoms with Crippen molar-refractivity contribution in [1.29, 1.82) is 0 Å². The number of aliphatic hydroxyl groups is 1. The molecule has 3 rings (SSSR count). The molecule has 116 valence electrons. The van der Waals surface area contributed by atoms with E-state index >= 15 is 0 Å². The normalized spacial score (nSPS) is 13.5. The van der Waals surface area contributed by atoms with E-state index in [1.807, 2.05) is 66.7 Å². The summed E-state index contributed by atoms with van der Waals surface area (Å²) in [7, 11) is 0. The molecule has 0 radical (unpaired) electrons. The highest BCUT2D eigenvalue weighted by Gasteiger charge is 2.32. The number of hydrogen-bond donors (Lipinski definition) is 1. The van der Waals surface area contributed by atoms with Crippen molar-refractivity contribution in [2.24, 2.45) is 0 Å². The Labute approximate surface area is 146 Å². The van der Waals surface area contributed by atoms with E-state index in [2.05, 4.69) is 0 Å². The van der Waals surface area contributed by atoms with Gasteiger partial charge in [0.15, 0.2) is 0 Å². The molecule has 0 aliphatic carbocycles. The van der Waals surface area contributed by atoms with Gasteiger partial charge in [0.2, 0.25) is 0 Å². The Morgan fingerprint density at radius 3 is 1.91 bits per heavy atom. The van der Waals surface area contributed by atoms with Crippen molar-refractivity contribution in [3.8, 4) is 0 Å². The lowest BCUT2D eigenvalue weighted by Crippen LogP contribution is -2.30. The molecule has 1 unspecified atom stereocenters. The van der Waals surface area contributed by atoms with Gasteiger partial charge in [0.1, 0.15) is 5.60 Å². The lowest BCUT2D eigenvalue weighted by atomic mass is 9.81. The van der Waals surface area contributed by atoms with Crippen LogP contribution < -0.4 is 0 Å². The first kappa shape index (κ1) is 16.1. The fraction of sp³-hybridized carbons (Fsp3) is 0.100. The Balaban J connectivity index is 2.11. The molecule has 0 heterocycles. The number of halogens is 2. The van der Waals surface area contributed by atoms with Gasteiger partial charge in [0.05, 0.1) is 10.0 Å². The molecule has 3 aromatic carbocycles. The molecule has 1 atom stereocenters. The van der Waals surface area contributed by atoms with E-state index in [0.717, 1.165) is 16.7 Å². The first-order chi connectivity index (χ1) is 11.1. The van der Waals surface area contributed by atoms with Crippen molar-refractivity contribution < 1.29 is 5.11 Å². The van der Waals surface area contributed by atoms with Gasteiger partial charge in [-0.25, -0.2) is 0 Å². The van der Waals surface area contributed by atoms with E-state index in [9.17, 15) is 5.11 Å². The van der Waals surface area contributed by atoms with Crippen molar-refractivity contribution in [3.63, 3.8) is 0 Å². The summed E-state index contributed by atoms with van der Waals surface area (Å²) in [5, 5.41) is 12.4. The summed E-state index contributed by atoms with van der Waals surface area (Å²) in [5.74, 6) is 0. The third-order valence-electron chi connectivity index (χ3n) is 3.95. The SMILES string of the molecule is OC(Cc1ccccc1)(c1ccccc1)c1ccc(Cl)c(Cl)c1. The molecular formula is C20H16Cl2O. The Morgan fingerprint density at radius 1 is 0.696 bits per heavy atom.